The zero-order chi connectivity index (χ0) is 44.5. The first-order chi connectivity index (χ1) is 28.7. The molecule has 4 atom stereocenters. The van der Waals surface area contributed by atoms with Crippen molar-refractivity contribution in [2.45, 2.75) is 83.5 Å². The zero-order valence-corrected chi connectivity index (χ0v) is 35.2. The smallest absolute Gasteiger partial charge is 0.416 e. The van der Waals surface area contributed by atoms with E-state index in [0.717, 1.165) is 15.9 Å². The lowest BCUT2D eigenvalue weighted by atomic mass is 9.68. The quantitative estimate of drug-likeness (QED) is 0.0504. The maximum atomic E-state index is 14.3. The highest BCUT2D eigenvalue weighted by Crippen LogP contribution is 2.49. The van der Waals surface area contributed by atoms with Gasteiger partial charge in [0.1, 0.15) is 18.1 Å². The molecule has 1 aliphatic heterocycles. The Morgan fingerprint density at radius 2 is 1.44 bits per heavy atom. The van der Waals surface area contributed by atoms with Crippen LogP contribution in [0.25, 0.3) is 6.08 Å². The molecule has 2 amide bonds. The second-order valence-electron chi connectivity index (χ2n) is 16.6. The zero-order valence-electron chi connectivity index (χ0n) is 34.2. The van der Waals surface area contributed by atoms with Gasteiger partial charge in [0, 0.05) is 5.92 Å². The molecular formula is C46H49F6NO7Si. The number of amides is 2. The van der Waals surface area contributed by atoms with E-state index in [0.29, 0.717) is 47.0 Å². The van der Waals surface area contributed by atoms with E-state index in [1.165, 1.54) is 0 Å². The highest BCUT2D eigenvalue weighted by atomic mass is 28.4. The van der Waals surface area contributed by atoms with Gasteiger partial charge in [0.25, 0.3) is 8.32 Å². The van der Waals surface area contributed by atoms with Gasteiger partial charge in [-0.15, -0.1) is 0 Å². The molecule has 0 radical (unpaired) electrons. The molecule has 6 rings (SSSR count). The molecule has 0 bridgehead atoms. The first-order valence-corrected chi connectivity index (χ1v) is 22.0. The summed E-state index contributed by atoms with van der Waals surface area (Å²) in [5.74, 6) is -5.20. The van der Waals surface area contributed by atoms with Crippen LogP contribution in [0.5, 0.6) is 0 Å². The molecular weight excluding hydrogens is 821 g/mol. The fourth-order valence-corrected chi connectivity index (χ4v) is 13.5. The molecule has 15 heteroatoms. The third kappa shape index (κ3) is 9.21. The van der Waals surface area contributed by atoms with Gasteiger partial charge in [0.2, 0.25) is 11.8 Å². The molecule has 326 valence electrons. The Labute approximate surface area is 351 Å². The standard InChI is InChI=1S/C46H49F6NO7Si/c1-5-28(20-33-17-18-34(25-54)60-33)16-19-39(56)40-29(27-59-61(44(2,3)4,35-12-8-6-9-13-35)36-14-10-7-11-15-36)21-37-41(38(40)26-55)43(58)53(42(37)57)32-23-30(45(47,48)49)22-31(24-32)46(50,51)52/h6-15,17-18,20,22-24,37-39,41,54-56H,5,16,19,21,25-27H2,1-4H3/b28-20+/t37-,38+,39-,41-/m1/s1. The number of imide groups is 1. The van der Waals surface area contributed by atoms with Gasteiger partial charge in [-0.2, -0.15) is 26.3 Å². The van der Waals surface area contributed by atoms with Crippen LogP contribution in [0.2, 0.25) is 5.04 Å². The molecule has 1 saturated heterocycles. The molecule has 3 aromatic carbocycles. The van der Waals surface area contributed by atoms with Crippen LogP contribution < -0.4 is 15.3 Å². The molecule has 4 aromatic rings. The highest BCUT2D eigenvalue weighted by Gasteiger charge is 2.57. The van der Waals surface area contributed by atoms with E-state index in [-0.39, 0.29) is 37.7 Å². The van der Waals surface area contributed by atoms with Crippen molar-refractivity contribution < 1.29 is 60.1 Å². The Balaban J connectivity index is 1.46. The summed E-state index contributed by atoms with van der Waals surface area (Å²) >= 11 is 0. The first kappa shape index (κ1) is 45.7. The normalized spacial score (nSPS) is 19.8. The second kappa shape index (κ2) is 17.9. The molecule has 0 spiro atoms. The lowest BCUT2D eigenvalue weighted by molar-refractivity contribution is -0.143. The Hall–Kier alpha value is -4.80. The summed E-state index contributed by atoms with van der Waals surface area (Å²) in [7, 11) is -3.29. The summed E-state index contributed by atoms with van der Waals surface area (Å²) in [5, 5.41) is 34.1. The fraction of sp³-hybridized carbons (Fsp3) is 0.391. The number of carbonyl (C=O) groups excluding carboxylic acids is 2. The lowest BCUT2D eigenvalue weighted by Gasteiger charge is -2.44. The predicted octanol–water partition coefficient (Wildman–Crippen LogP) is 8.44. The topological polar surface area (TPSA) is 120 Å². The van der Waals surface area contributed by atoms with Gasteiger partial charge in [0.15, 0.2) is 0 Å². The number of carbonyl (C=O) groups is 2. The number of nitrogens with zero attached hydrogens (tertiary/aromatic N) is 1. The SMILES string of the molecule is CC/C(=C\c1ccc(CO)o1)CC[C@@H](O)C1=C(CO[Si](c2ccccc2)(c2ccccc2)C(C)(C)C)C[C@H]2C(=O)N(c3cc(C(F)(F)F)cc(C(F)(F)F)c3)C(=O)[C@H]2[C@H]1CO. The van der Waals surface area contributed by atoms with Crippen molar-refractivity contribution in [1.29, 1.82) is 0 Å². The van der Waals surface area contributed by atoms with Gasteiger partial charge in [-0.3, -0.25) is 9.59 Å². The van der Waals surface area contributed by atoms with Crippen molar-refractivity contribution >= 4 is 42.3 Å². The average molecular weight is 870 g/mol. The minimum atomic E-state index is -5.24. The average Bonchev–Trinajstić information content (AvgIpc) is 3.78. The van der Waals surface area contributed by atoms with Gasteiger partial charge in [-0.05, 0) is 88.6 Å². The predicted molar refractivity (Wildman–Crippen MR) is 220 cm³/mol. The van der Waals surface area contributed by atoms with E-state index in [1.807, 2.05) is 67.6 Å². The molecule has 8 nitrogen and oxygen atoms in total. The number of halogens is 6. The van der Waals surface area contributed by atoms with E-state index in [1.54, 1.807) is 18.2 Å². The van der Waals surface area contributed by atoms with Crippen LogP contribution in [0.4, 0.5) is 32.0 Å². The lowest BCUT2D eigenvalue weighted by Crippen LogP contribution is -2.66. The van der Waals surface area contributed by atoms with E-state index < -0.39 is 84.8 Å². The minimum Gasteiger partial charge on any atom is -0.459 e. The number of anilines is 1. The van der Waals surface area contributed by atoms with E-state index >= 15 is 0 Å². The van der Waals surface area contributed by atoms with Crippen molar-refractivity contribution in [2.24, 2.45) is 17.8 Å². The number of hydrogen-bond acceptors (Lipinski definition) is 7. The molecule has 2 heterocycles. The van der Waals surface area contributed by atoms with Crippen LogP contribution in [0.15, 0.2) is 112 Å². The summed E-state index contributed by atoms with van der Waals surface area (Å²) in [6, 6.07) is 23.2. The van der Waals surface area contributed by atoms with Crippen molar-refractivity contribution in [2.75, 3.05) is 18.1 Å². The molecule has 2 aliphatic rings. The maximum absolute atomic E-state index is 14.3. The van der Waals surface area contributed by atoms with Crippen LogP contribution in [0, 0.1) is 17.8 Å². The number of benzene rings is 3. The molecule has 1 aliphatic carbocycles. The number of aliphatic hydroxyl groups excluding tert-OH is 3. The molecule has 1 aromatic heterocycles. The Bertz CT molecular complexity index is 2190. The van der Waals surface area contributed by atoms with Crippen molar-refractivity contribution in [1.82, 2.24) is 0 Å². The fourth-order valence-electron chi connectivity index (χ4n) is 8.96. The number of furan rings is 1. The molecule has 0 saturated carbocycles. The molecule has 1 fully saturated rings. The van der Waals surface area contributed by atoms with Crippen LogP contribution in [0.1, 0.15) is 76.0 Å². The highest BCUT2D eigenvalue weighted by molar-refractivity contribution is 6.99. The van der Waals surface area contributed by atoms with Gasteiger partial charge in [0.05, 0.1) is 48.0 Å². The Kier molecular flexibility index (Phi) is 13.4. The number of aliphatic hydroxyl groups is 3. The van der Waals surface area contributed by atoms with Crippen LogP contribution in [-0.4, -0.2) is 54.8 Å². The van der Waals surface area contributed by atoms with Gasteiger partial charge >= 0.3 is 12.4 Å². The largest absolute Gasteiger partial charge is 0.459 e. The third-order valence-corrected chi connectivity index (χ3v) is 16.8. The van der Waals surface area contributed by atoms with E-state index in [4.69, 9.17) is 8.84 Å². The summed E-state index contributed by atoms with van der Waals surface area (Å²) in [6.45, 7) is 6.84. The summed E-state index contributed by atoms with van der Waals surface area (Å²) < 4.78 is 96.7. The number of rotatable bonds is 14. The molecule has 61 heavy (non-hydrogen) atoms. The maximum Gasteiger partial charge on any atom is 0.416 e. The second-order valence-corrected chi connectivity index (χ2v) is 20.9. The number of fused-ring (bicyclic) bond motifs is 1. The minimum absolute atomic E-state index is 0.0770. The van der Waals surface area contributed by atoms with E-state index in [9.17, 15) is 51.3 Å². The molecule has 3 N–H and O–H groups in total. The van der Waals surface area contributed by atoms with Gasteiger partial charge < -0.3 is 24.2 Å². The van der Waals surface area contributed by atoms with Crippen molar-refractivity contribution in [3.05, 3.63) is 130 Å². The summed E-state index contributed by atoms with van der Waals surface area (Å²) in [6.07, 6.45) is -9.29. The van der Waals surface area contributed by atoms with Crippen molar-refractivity contribution in [3.63, 3.8) is 0 Å². The summed E-state index contributed by atoms with van der Waals surface area (Å²) in [5.41, 5.74) is -2.77. The first-order valence-electron chi connectivity index (χ1n) is 20.1. The van der Waals surface area contributed by atoms with E-state index in [2.05, 4.69) is 20.8 Å². The third-order valence-electron chi connectivity index (χ3n) is 11.8. The van der Waals surface area contributed by atoms with Gasteiger partial charge in [-0.25, -0.2) is 4.90 Å². The Morgan fingerprint density at radius 1 is 0.869 bits per heavy atom. The van der Waals surface area contributed by atoms with Crippen LogP contribution in [0.3, 0.4) is 0 Å². The number of alkyl halides is 6. The van der Waals surface area contributed by atoms with Crippen molar-refractivity contribution in [3.8, 4) is 0 Å². The molecule has 0 unspecified atom stereocenters. The Morgan fingerprint density at radius 3 is 1.92 bits per heavy atom. The number of allylic oxidation sites excluding steroid dienone is 1. The van der Waals surface area contributed by atoms with Gasteiger partial charge in [-0.1, -0.05) is 93.9 Å². The van der Waals surface area contributed by atoms with Crippen LogP contribution >= 0.6 is 0 Å². The van der Waals surface area contributed by atoms with Crippen LogP contribution in [-0.2, 0) is 33.0 Å². The monoisotopic (exact) mass is 869 g/mol. The summed E-state index contributed by atoms with van der Waals surface area (Å²) in [4.78, 5) is 29.0. The number of hydrogen-bond donors (Lipinski definition) is 3.